The molecule has 2 fully saturated rings. The Labute approximate surface area is 165 Å². The van der Waals surface area contributed by atoms with E-state index in [1.165, 1.54) is 5.56 Å². The summed E-state index contributed by atoms with van der Waals surface area (Å²) in [6, 6.07) is 4.68. The van der Waals surface area contributed by atoms with Crippen LogP contribution in [0.5, 0.6) is 0 Å². The molecule has 0 spiro atoms. The first-order valence-corrected chi connectivity index (χ1v) is 10.3. The molecule has 4 heterocycles. The maximum atomic E-state index is 11.9. The number of amides is 2. The molecule has 0 radical (unpaired) electrons. The van der Waals surface area contributed by atoms with Crippen LogP contribution in [0.15, 0.2) is 34.7 Å². The fraction of sp³-hybridized carbons (Fsp3) is 0.300. The van der Waals surface area contributed by atoms with Crippen molar-refractivity contribution in [1.82, 2.24) is 19.9 Å². The Morgan fingerprint density at radius 2 is 2.21 bits per heavy atom. The van der Waals surface area contributed by atoms with Crippen LogP contribution in [0.1, 0.15) is 36.1 Å². The SMILES string of the molecule is O=C1C/C(=C\c2cnn3c(NC4CC4)cc(CCc4ccsc4)nc23)C(=O)N1. The van der Waals surface area contributed by atoms with Gasteiger partial charge >= 0.3 is 0 Å². The average molecular weight is 393 g/mol. The maximum Gasteiger partial charge on any atom is 0.254 e. The van der Waals surface area contributed by atoms with Gasteiger partial charge in [0, 0.05) is 28.9 Å². The normalized spacial score (nSPS) is 18.2. The summed E-state index contributed by atoms with van der Waals surface area (Å²) in [6.45, 7) is 0. The van der Waals surface area contributed by atoms with Crippen molar-refractivity contribution in [3.63, 3.8) is 0 Å². The van der Waals surface area contributed by atoms with E-state index in [0.717, 1.165) is 42.8 Å². The van der Waals surface area contributed by atoms with Gasteiger partial charge in [-0.2, -0.15) is 21.0 Å². The van der Waals surface area contributed by atoms with Crippen LogP contribution in [0.4, 0.5) is 5.82 Å². The molecule has 0 atom stereocenters. The zero-order valence-corrected chi connectivity index (χ0v) is 16.0. The summed E-state index contributed by atoms with van der Waals surface area (Å²) in [4.78, 5) is 28.2. The van der Waals surface area contributed by atoms with E-state index in [0.29, 0.717) is 17.3 Å². The lowest BCUT2D eigenvalue weighted by molar-refractivity contribution is -0.124. The number of aryl methyl sites for hydroxylation is 2. The van der Waals surface area contributed by atoms with Crippen molar-refractivity contribution < 1.29 is 9.59 Å². The summed E-state index contributed by atoms with van der Waals surface area (Å²) in [6.07, 6.45) is 7.60. The Morgan fingerprint density at radius 3 is 2.93 bits per heavy atom. The quantitative estimate of drug-likeness (QED) is 0.496. The monoisotopic (exact) mass is 393 g/mol. The molecule has 8 heteroatoms. The number of carbonyl (C=O) groups excluding carboxylic acids is 2. The number of imide groups is 1. The highest BCUT2D eigenvalue weighted by Crippen LogP contribution is 2.27. The van der Waals surface area contributed by atoms with Crippen LogP contribution in [0.3, 0.4) is 0 Å². The molecule has 1 aliphatic heterocycles. The number of hydrogen-bond donors (Lipinski definition) is 2. The predicted molar refractivity (Wildman–Crippen MR) is 107 cm³/mol. The zero-order chi connectivity index (χ0) is 19.1. The van der Waals surface area contributed by atoms with Gasteiger partial charge in [0.1, 0.15) is 5.82 Å². The second-order valence-electron chi connectivity index (χ2n) is 7.24. The first kappa shape index (κ1) is 17.1. The lowest BCUT2D eigenvalue weighted by Gasteiger charge is -2.10. The maximum absolute atomic E-state index is 11.9. The lowest BCUT2D eigenvalue weighted by Crippen LogP contribution is -2.19. The van der Waals surface area contributed by atoms with Crippen LogP contribution in [0, 0.1) is 0 Å². The highest BCUT2D eigenvalue weighted by atomic mass is 32.1. The Hall–Kier alpha value is -3.00. The molecule has 2 N–H and O–H groups in total. The molecule has 0 unspecified atom stereocenters. The van der Waals surface area contributed by atoms with Gasteiger partial charge in [0.25, 0.3) is 5.91 Å². The van der Waals surface area contributed by atoms with E-state index in [4.69, 9.17) is 4.98 Å². The molecule has 1 aliphatic carbocycles. The fourth-order valence-corrected chi connectivity index (χ4v) is 4.02. The van der Waals surface area contributed by atoms with Crippen LogP contribution >= 0.6 is 11.3 Å². The Balaban J connectivity index is 1.52. The number of hydrogen-bond acceptors (Lipinski definition) is 6. The Kier molecular flexibility index (Phi) is 4.20. The Morgan fingerprint density at radius 1 is 1.32 bits per heavy atom. The van der Waals surface area contributed by atoms with Crippen molar-refractivity contribution in [2.24, 2.45) is 0 Å². The molecule has 3 aromatic rings. The van der Waals surface area contributed by atoms with E-state index in [1.54, 1.807) is 28.1 Å². The highest BCUT2D eigenvalue weighted by molar-refractivity contribution is 7.07. The second-order valence-corrected chi connectivity index (χ2v) is 8.02. The van der Waals surface area contributed by atoms with E-state index in [-0.39, 0.29) is 18.2 Å². The van der Waals surface area contributed by atoms with Crippen LogP contribution in [0.2, 0.25) is 0 Å². The number of carbonyl (C=O) groups is 2. The summed E-state index contributed by atoms with van der Waals surface area (Å²) >= 11 is 1.70. The van der Waals surface area contributed by atoms with Crippen molar-refractivity contribution in [3.05, 3.63) is 51.5 Å². The second kappa shape index (κ2) is 6.87. The van der Waals surface area contributed by atoms with Gasteiger partial charge in [0.2, 0.25) is 5.91 Å². The van der Waals surface area contributed by atoms with E-state index in [2.05, 4.69) is 38.6 Å². The Bertz CT molecular complexity index is 1100. The molecule has 5 rings (SSSR count). The minimum Gasteiger partial charge on any atom is -0.367 e. The van der Waals surface area contributed by atoms with Gasteiger partial charge in [-0.3, -0.25) is 14.9 Å². The molecule has 2 amide bonds. The molecule has 2 aliphatic rings. The van der Waals surface area contributed by atoms with E-state index < -0.39 is 0 Å². The van der Waals surface area contributed by atoms with E-state index >= 15 is 0 Å². The van der Waals surface area contributed by atoms with Gasteiger partial charge in [0.15, 0.2) is 5.65 Å². The van der Waals surface area contributed by atoms with Gasteiger partial charge in [-0.05, 0) is 54.1 Å². The smallest absolute Gasteiger partial charge is 0.254 e. The fourth-order valence-electron chi connectivity index (χ4n) is 3.32. The summed E-state index contributed by atoms with van der Waals surface area (Å²) < 4.78 is 1.79. The molecule has 28 heavy (non-hydrogen) atoms. The van der Waals surface area contributed by atoms with Gasteiger partial charge < -0.3 is 5.32 Å². The molecule has 1 saturated carbocycles. The molecule has 142 valence electrons. The van der Waals surface area contributed by atoms with Crippen molar-refractivity contribution >= 4 is 40.7 Å². The van der Waals surface area contributed by atoms with Crippen LogP contribution in [-0.4, -0.2) is 32.5 Å². The van der Waals surface area contributed by atoms with Crippen molar-refractivity contribution in [2.45, 2.75) is 38.1 Å². The number of anilines is 1. The largest absolute Gasteiger partial charge is 0.367 e. The molecule has 0 aromatic carbocycles. The van der Waals surface area contributed by atoms with Gasteiger partial charge in [-0.15, -0.1) is 0 Å². The zero-order valence-electron chi connectivity index (χ0n) is 15.1. The lowest BCUT2D eigenvalue weighted by atomic mass is 10.1. The van der Waals surface area contributed by atoms with Crippen molar-refractivity contribution in [1.29, 1.82) is 0 Å². The third-order valence-corrected chi connectivity index (χ3v) is 5.69. The average Bonchev–Trinajstić information content (AvgIpc) is 3.05. The summed E-state index contributed by atoms with van der Waals surface area (Å²) in [7, 11) is 0. The minimum absolute atomic E-state index is 0.0984. The van der Waals surface area contributed by atoms with Crippen LogP contribution in [-0.2, 0) is 22.4 Å². The van der Waals surface area contributed by atoms with Gasteiger partial charge in [-0.1, -0.05) is 0 Å². The van der Waals surface area contributed by atoms with Crippen LogP contribution < -0.4 is 10.6 Å². The molecule has 1 saturated heterocycles. The number of thiophene rings is 1. The molecular formula is C20H19N5O2S. The summed E-state index contributed by atoms with van der Waals surface area (Å²) in [5.41, 5.74) is 4.18. The third kappa shape index (κ3) is 3.43. The number of fused-ring (bicyclic) bond motifs is 1. The van der Waals surface area contributed by atoms with Gasteiger partial charge in [0.05, 0.1) is 12.6 Å². The number of aromatic nitrogens is 3. The number of nitrogens with one attached hydrogen (secondary N) is 2. The van der Waals surface area contributed by atoms with Crippen molar-refractivity contribution in [3.8, 4) is 0 Å². The molecule has 0 bridgehead atoms. The van der Waals surface area contributed by atoms with Crippen LogP contribution in [0.25, 0.3) is 11.7 Å². The topological polar surface area (TPSA) is 88.4 Å². The standard InChI is InChI=1S/C20H19N5O2S/c26-18-8-13(20(27)24-18)7-14-10-21-25-17(22-15-3-4-15)9-16(23-19(14)25)2-1-12-5-6-28-11-12/h5-7,9-11,15,22H,1-4,8H2,(H,24,26,27)/b13-7+. The third-order valence-electron chi connectivity index (χ3n) is 4.96. The number of nitrogens with zero attached hydrogens (tertiary/aromatic N) is 3. The molecule has 7 nitrogen and oxygen atoms in total. The minimum atomic E-state index is -0.339. The van der Waals surface area contributed by atoms with Gasteiger partial charge in [-0.25, -0.2) is 4.98 Å². The van der Waals surface area contributed by atoms with E-state index in [9.17, 15) is 9.59 Å². The first-order valence-electron chi connectivity index (χ1n) is 9.36. The summed E-state index contributed by atoms with van der Waals surface area (Å²) in [5, 5.41) is 14.6. The molecular weight excluding hydrogens is 374 g/mol. The van der Waals surface area contributed by atoms with E-state index in [1.807, 2.05) is 0 Å². The summed E-state index contributed by atoms with van der Waals surface area (Å²) in [5.74, 6) is 0.312. The molecule has 3 aromatic heterocycles. The highest BCUT2D eigenvalue weighted by Gasteiger charge is 2.25. The first-order chi connectivity index (χ1) is 13.7. The predicted octanol–water partition coefficient (Wildman–Crippen LogP) is 2.58. The van der Waals surface area contributed by atoms with Crippen molar-refractivity contribution in [2.75, 3.05) is 5.32 Å². The number of rotatable bonds is 6.